The van der Waals surface area contributed by atoms with Gasteiger partial charge in [0.2, 0.25) is 0 Å². The van der Waals surface area contributed by atoms with E-state index in [0.717, 1.165) is 18.8 Å². The molecule has 1 unspecified atom stereocenters. The predicted molar refractivity (Wildman–Crippen MR) is 115 cm³/mol. The molecule has 2 aromatic rings. The zero-order valence-corrected chi connectivity index (χ0v) is 17.4. The van der Waals surface area contributed by atoms with Gasteiger partial charge in [-0.05, 0) is 73.9 Å². The van der Waals surface area contributed by atoms with Crippen LogP contribution in [0.25, 0.3) is 0 Å². The van der Waals surface area contributed by atoms with E-state index in [2.05, 4.69) is 37.3 Å². The maximum Gasteiger partial charge on any atom is 0.319 e. The summed E-state index contributed by atoms with van der Waals surface area (Å²) < 4.78 is 0. The number of nitrogens with zero attached hydrogens (tertiary/aromatic N) is 2. The fraction of sp³-hybridized carbons (Fsp3) is 0.450. The number of hydrogen-bond donors (Lipinski definition) is 2. The molecule has 1 aromatic carbocycles. The third kappa shape index (κ3) is 5.37. The highest BCUT2D eigenvalue weighted by atomic mass is 35.5. The molecule has 2 amide bonds. The Balaban J connectivity index is 1.56. The van der Waals surface area contributed by atoms with Crippen molar-refractivity contribution in [2.24, 2.45) is 0 Å². The molecule has 2 heterocycles. The fourth-order valence-electron chi connectivity index (χ4n) is 3.40. The summed E-state index contributed by atoms with van der Waals surface area (Å²) >= 11 is 8.13. The molecule has 5 nitrogen and oxygen atoms in total. The summed E-state index contributed by atoms with van der Waals surface area (Å²) in [5.74, 6) is 0. The highest BCUT2D eigenvalue weighted by Gasteiger charge is 2.17. The van der Waals surface area contributed by atoms with Gasteiger partial charge in [-0.3, -0.25) is 0 Å². The van der Waals surface area contributed by atoms with Gasteiger partial charge in [-0.15, -0.1) is 0 Å². The van der Waals surface area contributed by atoms with Gasteiger partial charge in [0.15, 0.2) is 0 Å². The van der Waals surface area contributed by atoms with Gasteiger partial charge in [0.1, 0.15) is 0 Å². The van der Waals surface area contributed by atoms with E-state index >= 15 is 0 Å². The van der Waals surface area contributed by atoms with Gasteiger partial charge in [0.25, 0.3) is 0 Å². The van der Waals surface area contributed by atoms with E-state index in [1.54, 1.807) is 11.3 Å². The molecule has 3 rings (SSSR count). The van der Waals surface area contributed by atoms with Crippen molar-refractivity contribution in [2.45, 2.75) is 25.3 Å². The van der Waals surface area contributed by atoms with Crippen molar-refractivity contribution in [2.75, 3.05) is 43.9 Å². The highest BCUT2D eigenvalue weighted by molar-refractivity contribution is 7.08. The number of nitrogens with one attached hydrogen (secondary N) is 2. The summed E-state index contributed by atoms with van der Waals surface area (Å²) in [5.41, 5.74) is 2.96. The minimum atomic E-state index is -0.223. The summed E-state index contributed by atoms with van der Waals surface area (Å²) in [6.45, 7) is 2.62. The Bertz CT molecular complexity index is 744. The van der Waals surface area contributed by atoms with Crippen molar-refractivity contribution in [3.63, 3.8) is 0 Å². The number of carbonyl (C=O) groups excluding carboxylic acids is 1. The van der Waals surface area contributed by atoms with E-state index in [9.17, 15) is 4.79 Å². The van der Waals surface area contributed by atoms with Gasteiger partial charge >= 0.3 is 6.03 Å². The molecule has 146 valence electrons. The molecule has 2 N–H and O–H groups in total. The number of rotatable bonds is 6. The maximum absolute atomic E-state index is 12.3. The lowest BCUT2D eigenvalue weighted by Crippen LogP contribution is -2.36. The Hall–Kier alpha value is -1.76. The monoisotopic (exact) mass is 406 g/mol. The van der Waals surface area contributed by atoms with Crippen molar-refractivity contribution in [1.82, 2.24) is 10.2 Å². The number of carbonyl (C=O) groups is 1. The number of hydrogen-bond acceptors (Lipinski definition) is 4. The Morgan fingerprint density at radius 2 is 2.04 bits per heavy atom. The van der Waals surface area contributed by atoms with Crippen LogP contribution in [0.4, 0.5) is 16.2 Å². The first-order chi connectivity index (χ1) is 13.0. The molecule has 1 fully saturated rings. The Morgan fingerprint density at radius 3 is 2.67 bits per heavy atom. The predicted octanol–water partition coefficient (Wildman–Crippen LogP) is 4.82. The van der Waals surface area contributed by atoms with Crippen LogP contribution in [-0.2, 0) is 0 Å². The van der Waals surface area contributed by atoms with Crippen LogP contribution in [0.1, 0.15) is 30.9 Å². The van der Waals surface area contributed by atoms with E-state index < -0.39 is 0 Å². The molecule has 1 aliphatic heterocycles. The lowest BCUT2D eigenvalue weighted by Gasteiger charge is -2.29. The number of piperidine rings is 1. The van der Waals surface area contributed by atoms with Gasteiger partial charge < -0.3 is 20.4 Å². The van der Waals surface area contributed by atoms with E-state index in [1.807, 2.05) is 32.3 Å². The summed E-state index contributed by atoms with van der Waals surface area (Å²) in [5, 5.41) is 10.7. The van der Waals surface area contributed by atoms with Crippen molar-refractivity contribution in [3.8, 4) is 0 Å². The SMILES string of the molecule is CN(C)C(CNC(=O)Nc1ccc(N2CCCCC2)c(Cl)c1)c1ccsc1. The second-order valence-electron chi connectivity index (χ2n) is 7.09. The molecular weight excluding hydrogens is 380 g/mol. The van der Waals surface area contributed by atoms with Crippen molar-refractivity contribution in [3.05, 3.63) is 45.6 Å². The Labute approximate surface area is 170 Å². The largest absolute Gasteiger partial charge is 0.370 e. The summed E-state index contributed by atoms with van der Waals surface area (Å²) in [6.07, 6.45) is 3.69. The van der Waals surface area contributed by atoms with Crippen LogP contribution in [0, 0.1) is 0 Å². The Kier molecular flexibility index (Phi) is 6.99. The van der Waals surface area contributed by atoms with Crippen LogP contribution in [0.3, 0.4) is 0 Å². The molecule has 1 aromatic heterocycles. The van der Waals surface area contributed by atoms with Crippen LogP contribution in [0.2, 0.25) is 5.02 Å². The first-order valence-electron chi connectivity index (χ1n) is 9.32. The molecule has 1 aliphatic rings. The minimum absolute atomic E-state index is 0.145. The number of likely N-dealkylation sites (N-methyl/N-ethyl adjacent to an activating group) is 1. The summed E-state index contributed by atoms with van der Waals surface area (Å²) in [4.78, 5) is 16.7. The third-order valence-corrected chi connectivity index (χ3v) is 5.91. The molecular formula is C20H27ClN4OS. The molecule has 1 saturated heterocycles. The van der Waals surface area contributed by atoms with Crippen LogP contribution >= 0.6 is 22.9 Å². The molecule has 0 aliphatic carbocycles. The quantitative estimate of drug-likeness (QED) is 0.723. The number of benzene rings is 1. The van der Waals surface area contributed by atoms with Gasteiger partial charge in [-0.1, -0.05) is 11.6 Å². The second-order valence-corrected chi connectivity index (χ2v) is 8.27. The molecule has 0 saturated carbocycles. The molecule has 0 spiro atoms. The normalized spacial score (nSPS) is 15.6. The van der Waals surface area contributed by atoms with E-state index in [1.165, 1.54) is 24.8 Å². The first-order valence-corrected chi connectivity index (χ1v) is 10.6. The minimum Gasteiger partial charge on any atom is -0.370 e. The zero-order chi connectivity index (χ0) is 19.2. The van der Waals surface area contributed by atoms with Gasteiger partial charge in [-0.2, -0.15) is 11.3 Å². The standard InChI is InChI=1S/C20H27ClN4OS/c1-24(2)19(15-8-11-27-14-15)13-22-20(26)23-16-6-7-18(17(21)12-16)25-9-4-3-5-10-25/h6-8,11-12,14,19H,3-5,9-10,13H2,1-2H3,(H2,22,23,26). The highest BCUT2D eigenvalue weighted by Crippen LogP contribution is 2.30. The zero-order valence-electron chi connectivity index (χ0n) is 15.9. The smallest absolute Gasteiger partial charge is 0.319 e. The first kappa shape index (κ1) is 20.0. The lowest BCUT2D eigenvalue weighted by atomic mass is 10.1. The van der Waals surface area contributed by atoms with Crippen molar-refractivity contribution >= 4 is 40.3 Å². The second kappa shape index (κ2) is 9.44. The average molecular weight is 407 g/mol. The van der Waals surface area contributed by atoms with Gasteiger partial charge in [-0.25, -0.2) is 4.79 Å². The van der Waals surface area contributed by atoms with Crippen molar-refractivity contribution in [1.29, 1.82) is 0 Å². The summed E-state index contributed by atoms with van der Waals surface area (Å²) in [6, 6.07) is 7.75. The number of anilines is 2. The molecule has 27 heavy (non-hydrogen) atoms. The van der Waals surface area contributed by atoms with E-state index in [-0.39, 0.29) is 12.1 Å². The lowest BCUT2D eigenvalue weighted by molar-refractivity contribution is 0.243. The number of halogens is 1. The number of urea groups is 1. The van der Waals surface area contributed by atoms with E-state index in [4.69, 9.17) is 11.6 Å². The number of thiophene rings is 1. The number of amides is 2. The van der Waals surface area contributed by atoms with Gasteiger partial charge in [0.05, 0.1) is 16.8 Å². The fourth-order valence-corrected chi connectivity index (χ4v) is 4.41. The van der Waals surface area contributed by atoms with Crippen LogP contribution in [0.15, 0.2) is 35.0 Å². The maximum atomic E-state index is 12.3. The van der Waals surface area contributed by atoms with Gasteiger partial charge in [0, 0.05) is 25.3 Å². The average Bonchev–Trinajstić information content (AvgIpc) is 3.17. The third-order valence-electron chi connectivity index (χ3n) is 4.91. The van der Waals surface area contributed by atoms with E-state index in [0.29, 0.717) is 17.3 Å². The molecule has 1 atom stereocenters. The topological polar surface area (TPSA) is 47.6 Å². The van der Waals surface area contributed by atoms with Crippen molar-refractivity contribution < 1.29 is 4.79 Å². The van der Waals surface area contributed by atoms with Crippen LogP contribution in [0.5, 0.6) is 0 Å². The molecule has 0 radical (unpaired) electrons. The molecule has 7 heteroatoms. The Morgan fingerprint density at radius 1 is 1.26 bits per heavy atom. The van der Waals surface area contributed by atoms with Crippen LogP contribution in [-0.4, -0.2) is 44.7 Å². The summed E-state index contributed by atoms with van der Waals surface area (Å²) in [7, 11) is 4.03. The molecule has 0 bridgehead atoms. The van der Waals surface area contributed by atoms with Crippen LogP contribution < -0.4 is 15.5 Å².